The molecule has 0 aromatic heterocycles. The second-order valence-electron chi connectivity index (χ2n) is 0. The maximum Gasteiger partial charge on any atom is 0 e. The van der Waals surface area contributed by atoms with Crippen molar-refractivity contribution in [1.82, 2.24) is 0 Å². The van der Waals surface area contributed by atoms with Crippen LogP contribution in [0.1, 0.15) is 0 Å². The van der Waals surface area contributed by atoms with E-state index in [2.05, 4.69) is 0 Å². The van der Waals surface area contributed by atoms with Crippen LogP contribution in [-0.2, 0) is 17.1 Å². The van der Waals surface area contributed by atoms with E-state index >= 15 is 0 Å². The third kappa shape index (κ3) is 20.5. The third-order valence-electron chi connectivity index (χ3n) is 0. The van der Waals surface area contributed by atoms with Crippen molar-refractivity contribution < 1.29 is 17.1 Å². The van der Waals surface area contributed by atoms with E-state index in [9.17, 15) is 0 Å². The van der Waals surface area contributed by atoms with E-state index in [0.717, 1.165) is 0 Å². The monoisotopic (exact) mass is 373 g/mol. The van der Waals surface area contributed by atoms with Crippen LogP contribution in [0.15, 0.2) is 0 Å². The molecule has 0 N–H and O–H groups in total. The first-order valence-corrected chi connectivity index (χ1v) is 0. The van der Waals surface area contributed by atoms with Crippen LogP contribution in [-0.4, -0.2) is 70.9 Å². The molecule has 5 heavy (non-hydrogen) atoms. The molecule has 0 atom stereocenters. The van der Waals surface area contributed by atoms with Gasteiger partial charge in [-0.15, -0.1) is 0 Å². The van der Waals surface area contributed by atoms with Crippen LogP contribution < -0.4 is 0 Å². The Balaban J connectivity index is 0. The summed E-state index contributed by atoms with van der Waals surface area (Å²) in [7, 11) is 0. The summed E-state index contributed by atoms with van der Waals surface area (Å²) < 4.78 is 0. The van der Waals surface area contributed by atoms with Crippen molar-refractivity contribution in [3.63, 3.8) is 0 Å². The fourth-order valence-corrected chi connectivity index (χ4v) is 0. The summed E-state index contributed by atoms with van der Waals surface area (Å²) in [6.07, 6.45) is 0. The van der Waals surface area contributed by atoms with E-state index in [1.54, 1.807) is 0 Å². The molecule has 0 saturated carbocycles. The van der Waals surface area contributed by atoms with Crippen molar-refractivity contribution in [3.8, 4) is 0 Å². The Kier molecular flexibility index (Phi) is 292. The van der Waals surface area contributed by atoms with Crippen LogP contribution in [0.5, 0.6) is 0 Å². The Hall–Kier alpha value is 2.65. The minimum Gasteiger partial charge on any atom is -0.0149 e. The quantitative estimate of drug-likeness (QED) is 0.390. The first kappa shape index (κ1) is 48.2. The van der Waals surface area contributed by atoms with Gasteiger partial charge >= 0.3 is 25.8 Å². The van der Waals surface area contributed by atoms with E-state index in [0.29, 0.717) is 0 Å². The van der Waals surface area contributed by atoms with Gasteiger partial charge in [0.15, 0.2) is 0 Å². The largest absolute Gasteiger partial charge is 0.0149 e. The Morgan fingerprint density at radius 1 is 0.800 bits per heavy atom. The standard InChI is InChI=1S/Cu.In.2Se.H4Si.3H/h;;;;1H4;;;. The van der Waals surface area contributed by atoms with E-state index in [-0.39, 0.29) is 88.0 Å². The van der Waals surface area contributed by atoms with Gasteiger partial charge in [0, 0.05) is 51.2 Å². The van der Waals surface area contributed by atoms with Crippen LogP contribution >= 0.6 is 0 Å². The van der Waals surface area contributed by atoms with E-state index in [1.165, 1.54) is 0 Å². The van der Waals surface area contributed by atoms with Gasteiger partial charge in [-0.05, 0) is 11.0 Å². The predicted octanol–water partition coefficient (Wildman–Crippen LogP) is -3.40. The molecular weight excluding hydrogens is 364 g/mol. The summed E-state index contributed by atoms with van der Waals surface area (Å²) in [6, 6.07) is 0. The van der Waals surface area contributed by atoms with Gasteiger partial charge in [-0.1, -0.05) is 0 Å². The fraction of sp³-hybridized carbons (Fsp3) is 0. The van der Waals surface area contributed by atoms with Crippen molar-refractivity contribution in [1.29, 1.82) is 0 Å². The molecule has 0 unspecified atom stereocenters. The summed E-state index contributed by atoms with van der Waals surface area (Å²) in [4.78, 5) is 0. The molecule has 0 fully saturated rings. The molecule has 0 nitrogen and oxygen atoms in total. The zero-order valence-electron chi connectivity index (χ0n) is 1.12. The van der Waals surface area contributed by atoms with Gasteiger partial charge in [0.05, 0.1) is 0 Å². The molecule has 37 valence electrons. The Morgan fingerprint density at radius 3 is 0.800 bits per heavy atom. The molecule has 0 spiro atoms. The Labute approximate surface area is 86.8 Å². The molecule has 0 aromatic rings. The van der Waals surface area contributed by atoms with Gasteiger partial charge in [-0.25, -0.2) is 0 Å². The zero-order valence-corrected chi connectivity index (χ0v) is 5.49. The van der Waals surface area contributed by atoms with E-state index in [1.807, 2.05) is 0 Å². The van der Waals surface area contributed by atoms with Gasteiger partial charge in [0.25, 0.3) is 0 Å². The van der Waals surface area contributed by atoms with Gasteiger partial charge in [-0.2, -0.15) is 0 Å². The Morgan fingerprint density at radius 2 is 0.800 bits per heavy atom. The van der Waals surface area contributed by atoms with E-state index in [4.69, 9.17) is 0 Å². The molecule has 5 heteroatoms. The van der Waals surface area contributed by atoms with Gasteiger partial charge in [0.2, 0.25) is 0 Å². The van der Waals surface area contributed by atoms with Gasteiger partial charge < -0.3 is 0 Å². The molecule has 0 aliphatic carbocycles. The number of hydrogen-bond donors (Lipinski definition) is 0. The molecule has 0 bridgehead atoms. The molecule has 5 radical (unpaired) electrons. The maximum absolute atomic E-state index is 0. The van der Waals surface area contributed by atoms with Crippen LogP contribution in [0.4, 0.5) is 0 Å². The first-order valence-electron chi connectivity index (χ1n) is 0. The van der Waals surface area contributed by atoms with E-state index < -0.39 is 0 Å². The Bertz CT molecular complexity index is 9.61. The third-order valence-corrected chi connectivity index (χ3v) is 0. The number of rotatable bonds is 0. The van der Waals surface area contributed by atoms with Crippen LogP contribution in [0.3, 0.4) is 0 Å². The molecule has 0 amide bonds. The van der Waals surface area contributed by atoms with Crippen LogP contribution in [0.2, 0.25) is 0 Å². The molecule has 0 aromatic carbocycles. The second kappa shape index (κ2) is 30.3. The van der Waals surface area contributed by atoms with Crippen molar-refractivity contribution in [2.75, 3.05) is 0 Å². The average Bonchev–Trinajstić information content (AvgIpc) is 0. The van der Waals surface area contributed by atoms with Crippen molar-refractivity contribution >= 4 is 70.9 Å². The normalized spacial score (nSPS) is 0. The molecule has 0 aliphatic rings. The van der Waals surface area contributed by atoms with Crippen LogP contribution in [0.25, 0.3) is 0 Å². The summed E-state index contributed by atoms with van der Waals surface area (Å²) in [5.41, 5.74) is 0. The van der Waals surface area contributed by atoms with Gasteiger partial charge in [0.1, 0.15) is 0 Å². The molecule has 0 aliphatic heterocycles. The summed E-state index contributed by atoms with van der Waals surface area (Å²) in [5.74, 6) is 0. The fourth-order valence-electron chi connectivity index (χ4n) is 0. The maximum atomic E-state index is 0. The molecule has 0 rings (SSSR count). The summed E-state index contributed by atoms with van der Waals surface area (Å²) >= 11 is 0. The van der Waals surface area contributed by atoms with Crippen LogP contribution in [0, 0.1) is 0 Å². The van der Waals surface area contributed by atoms with Crippen molar-refractivity contribution in [2.24, 2.45) is 0 Å². The molecule has 0 saturated heterocycles. The first-order chi connectivity index (χ1) is 0. The van der Waals surface area contributed by atoms with Crippen molar-refractivity contribution in [2.45, 2.75) is 0 Å². The smallest absolute Gasteiger partial charge is 0 e. The average molecular weight is 371 g/mol. The predicted molar refractivity (Wildman–Crippen MR) is 32.8 cm³/mol. The molecular formula is H7CuInSe2Si. The minimum absolute atomic E-state index is 0. The summed E-state index contributed by atoms with van der Waals surface area (Å²) in [6.45, 7) is 0. The number of hydrogen-bond acceptors (Lipinski definition) is 0. The van der Waals surface area contributed by atoms with Crippen molar-refractivity contribution in [3.05, 3.63) is 0 Å². The SMILES string of the molecule is [Cu].[InH3].[Se].[Se].[SiH4]. The minimum atomic E-state index is 0. The topological polar surface area (TPSA) is 0 Å². The molecule has 0 heterocycles. The summed E-state index contributed by atoms with van der Waals surface area (Å²) in [5, 5.41) is 0. The second-order valence-corrected chi connectivity index (χ2v) is 0. The van der Waals surface area contributed by atoms with Gasteiger partial charge in [-0.3, -0.25) is 0 Å². The zero-order chi connectivity index (χ0) is 0.